The number of fused-ring (bicyclic) bond motifs is 1. The van der Waals surface area contributed by atoms with Crippen molar-refractivity contribution in [1.82, 2.24) is 5.23 Å². The standard InChI is InChI=1S/C18H39BNO5Si2/c1-11(2)26(12(3)4)22-10-15-17(16(21)18(23-15)19-20-9)24-27(25-26,13(5)6)14(7)8/h11-18,20-21H,10H2,1-9H3/t15-,16+,17?,18-/m1/s1. The molecule has 0 aromatic rings. The Balaban J connectivity index is 2.50. The monoisotopic (exact) mass is 416 g/mol. The van der Waals surface area contributed by atoms with Crippen LogP contribution in [0.4, 0.5) is 0 Å². The molecule has 1 radical (unpaired) electrons. The van der Waals surface area contributed by atoms with Crippen LogP contribution in [0.1, 0.15) is 55.4 Å². The largest absolute Gasteiger partial charge is 0.414 e. The molecule has 9 heteroatoms. The second-order valence-electron chi connectivity index (χ2n) is 9.14. The zero-order valence-corrected chi connectivity index (χ0v) is 20.5. The van der Waals surface area contributed by atoms with Gasteiger partial charge in [0, 0.05) is 0 Å². The van der Waals surface area contributed by atoms with Crippen molar-refractivity contribution < 1.29 is 22.8 Å². The maximum absolute atomic E-state index is 10.9. The maximum atomic E-state index is 10.9. The van der Waals surface area contributed by atoms with E-state index in [-0.39, 0.29) is 17.2 Å². The molecule has 2 saturated heterocycles. The van der Waals surface area contributed by atoms with Gasteiger partial charge >= 0.3 is 17.1 Å². The molecule has 2 heterocycles. The van der Waals surface area contributed by atoms with Gasteiger partial charge in [-0.1, -0.05) is 55.4 Å². The van der Waals surface area contributed by atoms with Gasteiger partial charge in [0.05, 0.1) is 12.6 Å². The maximum Gasteiger partial charge on any atom is 0.335 e. The molecule has 0 spiro atoms. The molecule has 157 valence electrons. The van der Waals surface area contributed by atoms with E-state index in [2.05, 4.69) is 60.6 Å². The van der Waals surface area contributed by atoms with E-state index in [0.29, 0.717) is 17.7 Å². The smallest absolute Gasteiger partial charge is 0.335 e. The summed E-state index contributed by atoms with van der Waals surface area (Å²) in [6.45, 7) is 17.9. The highest BCUT2D eigenvalue weighted by molar-refractivity contribution is 6.84. The third-order valence-corrected chi connectivity index (χ3v) is 16.3. The second-order valence-corrected chi connectivity index (χ2v) is 18.0. The Labute approximate surface area is 168 Å². The fourth-order valence-corrected chi connectivity index (χ4v) is 15.7. The van der Waals surface area contributed by atoms with Crippen molar-refractivity contribution in [2.75, 3.05) is 13.7 Å². The van der Waals surface area contributed by atoms with Gasteiger partial charge < -0.3 is 28.0 Å². The quantitative estimate of drug-likeness (QED) is 0.649. The summed E-state index contributed by atoms with van der Waals surface area (Å²) < 4.78 is 26.7. The fourth-order valence-electron chi connectivity index (χ4n) is 4.49. The van der Waals surface area contributed by atoms with Crippen LogP contribution < -0.4 is 5.23 Å². The Morgan fingerprint density at radius 2 is 1.44 bits per heavy atom. The van der Waals surface area contributed by atoms with Crippen LogP contribution in [0.25, 0.3) is 0 Å². The van der Waals surface area contributed by atoms with Crippen LogP contribution in [0.5, 0.6) is 0 Å². The summed E-state index contributed by atoms with van der Waals surface area (Å²) in [5, 5.41) is 13.9. The molecule has 27 heavy (non-hydrogen) atoms. The average Bonchev–Trinajstić information content (AvgIpc) is 2.82. The Hall–Kier alpha value is 0.259. The lowest BCUT2D eigenvalue weighted by Crippen LogP contribution is -2.65. The number of aliphatic hydroxyl groups is 1. The third kappa shape index (κ3) is 4.26. The number of ether oxygens (including phenoxy) is 1. The van der Waals surface area contributed by atoms with Crippen LogP contribution in [0, 0.1) is 0 Å². The van der Waals surface area contributed by atoms with E-state index >= 15 is 0 Å². The predicted octanol–water partition coefficient (Wildman–Crippen LogP) is 2.87. The number of rotatable bonds is 6. The van der Waals surface area contributed by atoms with Crippen LogP contribution in [-0.4, -0.2) is 67.6 Å². The number of nitrogens with one attached hydrogen (secondary N) is 1. The molecule has 0 bridgehead atoms. The number of hydrogen-bond donors (Lipinski definition) is 2. The number of aliphatic hydroxyl groups excluding tert-OH is 1. The lowest BCUT2D eigenvalue weighted by Gasteiger charge is -2.51. The van der Waals surface area contributed by atoms with Gasteiger partial charge in [-0.15, -0.1) is 0 Å². The summed E-state index contributed by atoms with van der Waals surface area (Å²) in [5.41, 5.74) is 1.08. The minimum Gasteiger partial charge on any atom is -0.414 e. The SMILES string of the molecule is CN[B][C@@H]1O[C@@H]2CO[Si](C(C)C)(C(C)C)O[Si](C(C)C)(C(C)C)OC2[C@@H]1O. The van der Waals surface area contributed by atoms with Crippen molar-refractivity contribution in [2.24, 2.45) is 0 Å². The van der Waals surface area contributed by atoms with E-state index in [9.17, 15) is 5.11 Å². The first-order valence-electron chi connectivity index (χ1n) is 10.4. The Bertz CT molecular complexity index is 478. The summed E-state index contributed by atoms with van der Waals surface area (Å²) >= 11 is 0. The summed E-state index contributed by atoms with van der Waals surface area (Å²) in [7, 11) is -1.66. The third-order valence-electron chi connectivity index (χ3n) is 6.03. The summed E-state index contributed by atoms with van der Waals surface area (Å²) in [4.78, 5) is 0. The van der Waals surface area contributed by atoms with Crippen molar-refractivity contribution in [3.8, 4) is 0 Å². The van der Waals surface area contributed by atoms with Crippen LogP contribution >= 0.6 is 0 Å². The topological polar surface area (TPSA) is 69.2 Å². The molecule has 1 unspecified atom stereocenters. The Kier molecular flexibility index (Phi) is 7.80. The summed E-state index contributed by atoms with van der Waals surface area (Å²) in [6, 6.07) is -0.410. The highest BCUT2D eigenvalue weighted by Gasteiger charge is 2.61. The first-order valence-corrected chi connectivity index (χ1v) is 14.3. The van der Waals surface area contributed by atoms with E-state index in [4.69, 9.17) is 17.7 Å². The van der Waals surface area contributed by atoms with Crippen molar-refractivity contribution in [3.05, 3.63) is 0 Å². The Morgan fingerprint density at radius 1 is 0.926 bits per heavy atom. The molecule has 2 rings (SSSR count). The van der Waals surface area contributed by atoms with Crippen LogP contribution in [0.2, 0.25) is 22.2 Å². The first kappa shape index (κ1) is 23.5. The summed E-state index contributed by atoms with van der Waals surface area (Å²) in [6.07, 6.45) is -1.44. The minimum absolute atomic E-state index is 0.240. The normalized spacial score (nSPS) is 33.4. The molecule has 0 aromatic heterocycles. The highest BCUT2D eigenvalue weighted by atomic mass is 28.5. The van der Waals surface area contributed by atoms with Gasteiger partial charge in [-0.2, -0.15) is 0 Å². The molecular weight excluding hydrogens is 377 g/mol. The lowest BCUT2D eigenvalue weighted by molar-refractivity contribution is -0.0321. The van der Waals surface area contributed by atoms with Crippen molar-refractivity contribution >= 4 is 24.5 Å². The van der Waals surface area contributed by atoms with E-state index in [1.165, 1.54) is 0 Å². The van der Waals surface area contributed by atoms with Crippen LogP contribution in [0.15, 0.2) is 0 Å². The van der Waals surface area contributed by atoms with Crippen molar-refractivity contribution in [2.45, 2.75) is 102 Å². The molecule has 0 aliphatic carbocycles. The van der Waals surface area contributed by atoms with Gasteiger partial charge in [0.25, 0.3) is 0 Å². The number of hydrogen-bond acceptors (Lipinski definition) is 6. The average molecular weight is 416 g/mol. The van der Waals surface area contributed by atoms with Gasteiger partial charge in [-0.25, -0.2) is 0 Å². The molecule has 2 N–H and O–H groups in total. The minimum atomic E-state index is -2.70. The zero-order chi connectivity index (χ0) is 20.6. The molecule has 2 aliphatic heterocycles. The van der Waals surface area contributed by atoms with E-state index in [1.54, 1.807) is 7.41 Å². The van der Waals surface area contributed by atoms with Gasteiger partial charge in [-0.05, 0) is 29.2 Å². The zero-order valence-electron chi connectivity index (χ0n) is 18.5. The van der Waals surface area contributed by atoms with Crippen LogP contribution in [-0.2, 0) is 17.7 Å². The molecule has 2 fully saturated rings. The first-order chi connectivity index (χ1) is 12.5. The highest BCUT2D eigenvalue weighted by Crippen LogP contribution is 2.47. The molecule has 2 aliphatic rings. The molecular formula is C18H39BNO5Si2. The van der Waals surface area contributed by atoms with Crippen molar-refractivity contribution in [1.29, 1.82) is 0 Å². The van der Waals surface area contributed by atoms with Crippen LogP contribution in [0.3, 0.4) is 0 Å². The van der Waals surface area contributed by atoms with Gasteiger partial charge in [0.1, 0.15) is 18.3 Å². The second kappa shape index (κ2) is 8.95. The predicted molar refractivity (Wildman–Crippen MR) is 113 cm³/mol. The lowest BCUT2D eigenvalue weighted by atomic mass is 9.81. The van der Waals surface area contributed by atoms with E-state index in [1.807, 2.05) is 7.05 Å². The van der Waals surface area contributed by atoms with Crippen molar-refractivity contribution in [3.63, 3.8) is 0 Å². The van der Waals surface area contributed by atoms with E-state index in [0.717, 1.165) is 0 Å². The Morgan fingerprint density at radius 3 is 1.89 bits per heavy atom. The van der Waals surface area contributed by atoms with Gasteiger partial charge in [0.2, 0.25) is 7.41 Å². The fraction of sp³-hybridized carbons (Fsp3) is 1.00. The molecule has 0 saturated carbocycles. The molecule has 0 amide bonds. The molecule has 4 atom stereocenters. The van der Waals surface area contributed by atoms with Gasteiger partial charge in [0.15, 0.2) is 0 Å². The van der Waals surface area contributed by atoms with E-state index < -0.39 is 35.3 Å². The molecule has 6 nitrogen and oxygen atoms in total. The summed E-state index contributed by atoms with van der Waals surface area (Å²) in [5.74, 6) is 0. The van der Waals surface area contributed by atoms with Gasteiger partial charge in [-0.3, -0.25) is 0 Å². The molecule has 0 aromatic carbocycles.